The van der Waals surface area contributed by atoms with Gasteiger partial charge in [-0.2, -0.15) is 0 Å². The molecule has 1 atom stereocenters. The Morgan fingerprint density at radius 3 is 2.47 bits per heavy atom. The van der Waals surface area contributed by atoms with Crippen LogP contribution in [-0.2, 0) is 11.2 Å². The number of Topliss-reactive ketones (excluding diaryl/α,β-unsaturated/α-hetero) is 1. The van der Waals surface area contributed by atoms with E-state index in [1.807, 2.05) is 0 Å². The fraction of sp³-hybridized carbons (Fsp3) is 0.533. The van der Waals surface area contributed by atoms with Crippen molar-refractivity contribution >= 4 is 5.78 Å². The Balaban J connectivity index is 1.90. The van der Waals surface area contributed by atoms with E-state index < -0.39 is 0 Å². The summed E-state index contributed by atoms with van der Waals surface area (Å²) in [5, 5.41) is 3.29. The highest BCUT2D eigenvalue weighted by atomic mass is 16.1. The smallest absolute Gasteiger partial charge is 0.130 e. The Morgan fingerprint density at radius 2 is 2.00 bits per heavy atom. The highest BCUT2D eigenvalue weighted by Gasteiger charge is 2.18. The summed E-state index contributed by atoms with van der Waals surface area (Å²) in [6.07, 6.45) is 1.69. The van der Waals surface area contributed by atoms with E-state index >= 15 is 0 Å². The van der Waals surface area contributed by atoms with E-state index in [4.69, 9.17) is 0 Å². The lowest BCUT2D eigenvalue weighted by atomic mass is 9.91. The van der Waals surface area contributed by atoms with Crippen LogP contribution >= 0.6 is 0 Å². The number of hydrogen-bond acceptors (Lipinski definition) is 2. The number of carbonyl (C=O) groups excluding carboxylic acids is 1. The molecule has 0 aliphatic carbocycles. The quantitative estimate of drug-likeness (QED) is 0.843. The molecule has 1 aliphatic rings. The van der Waals surface area contributed by atoms with E-state index in [0.29, 0.717) is 18.3 Å². The SMILES string of the molecule is CC(=O)CC(C)Cc1ccc(C2CNC2)cc1. The van der Waals surface area contributed by atoms with Gasteiger partial charge >= 0.3 is 0 Å². The van der Waals surface area contributed by atoms with Crippen LogP contribution in [0.25, 0.3) is 0 Å². The minimum atomic E-state index is 0.287. The standard InChI is InChI=1S/C15H21NO/c1-11(7-12(2)17)8-13-3-5-14(6-4-13)15-9-16-10-15/h3-6,11,15-16H,7-10H2,1-2H3. The predicted octanol–water partition coefficient (Wildman–Crippen LogP) is 2.53. The highest BCUT2D eigenvalue weighted by molar-refractivity contribution is 5.75. The molecule has 0 bridgehead atoms. The zero-order valence-corrected chi connectivity index (χ0v) is 10.7. The van der Waals surface area contributed by atoms with Gasteiger partial charge in [0, 0.05) is 25.4 Å². The molecule has 1 aliphatic heterocycles. The van der Waals surface area contributed by atoms with Crippen LogP contribution in [0.4, 0.5) is 0 Å². The third kappa shape index (κ3) is 3.40. The van der Waals surface area contributed by atoms with E-state index in [2.05, 4.69) is 36.5 Å². The molecule has 2 nitrogen and oxygen atoms in total. The van der Waals surface area contributed by atoms with Gasteiger partial charge in [-0.25, -0.2) is 0 Å². The maximum Gasteiger partial charge on any atom is 0.130 e. The van der Waals surface area contributed by atoms with Gasteiger partial charge in [0.05, 0.1) is 0 Å². The van der Waals surface area contributed by atoms with Crippen LogP contribution < -0.4 is 5.32 Å². The lowest BCUT2D eigenvalue weighted by Gasteiger charge is -2.27. The Labute approximate surface area is 103 Å². The molecule has 92 valence electrons. The Morgan fingerprint density at radius 1 is 1.35 bits per heavy atom. The van der Waals surface area contributed by atoms with Crippen LogP contribution in [0.15, 0.2) is 24.3 Å². The van der Waals surface area contributed by atoms with Crippen LogP contribution in [0, 0.1) is 5.92 Å². The first-order chi connectivity index (χ1) is 8.15. The van der Waals surface area contributed by atoms with Crippen molar-refractivity contribution in [2.24, 2.45) is 5.92 Å². The topological polar surface area (TPSA) is 29.1 Å². The van der Waals surface area contributed by atoms with Gasteiger partial charge in [0.2, 0.25) is 0 Å². The van der Waals surface area contributed by atoms with Gasteiger partial charge in [-0.15, -0.1) is 0 Å². The summed E-state index contributed by atoms with van der Waals surface area (Å²) in [5.74, 6) is 1.44. The Hall–Kier alpha value is -1.15. The van der Waals surface area contributed by atoms with E-state index in [9.17, 15) is 4.79 Å². The molecule has 1 saturated heterocycles. The number of carbonyl (C=O) groups is 1. The van der Waals surface area contributed by atoms with Gasteiger partial charge in [0.15, 0.2) is 0 Å². The number of ketones is 1. The minimum absolute atomic E-state index is 0.287. The molecule has 1 N–H and O–H groups in total. The van der Waals surface area contributed by atoms with Crippen LogP contribution in [0.1, 0.15) is 37.3 Å². The number of nitrogens with one attached hydrogen (secondary N) is 1. The van der Waals surface area contributed by atoms with Crippen LogP contribution in [0.2, 0.25) is 0 Å². The maximum absolute atomic E-state index is 11.0. The number of rotatable bonds is 5. The van der Waals surface area contributed by atoms with Gasteiger partial charge in [0.25, 0.3) is 0 Å². The molecule has 2 heteroatoms. The van der Waals surface area contributed by atoms with Crippen molar-refractivity contribution in [3.8, 4) is 0 Å². The highest BCUT2D eigenvalue weighted by Crippen LogP contribution is 2.21. The molecule has 0 amide bonds. The van der Waals surface area contributed by atoms with Gasteiger partial charge in [-0.3, -0.25) is 0 Å². The van der Waals surface area contributed by atoms with Gasteiger partial charge in [0.1, 0.15) is 5.78 Å². The first-order valence-corrected chi connectivity index (χ1v) is 6.44. The normalized spacial score (nSPS) is 17.5. The zero-order valence-electron chi connectivity index (χ0n) is 10.7. The molecule has 0 radical (unpaired) electrons. The van der Waals surface area contributed by atoms with Gasteiger partial charge in [-0.1, -0.05) is 31.2 Å². The predicted molar refractivity (Wildman–Crippen MR) is 70.2 cm³/mol. The summed E-state index contributed by atoms with van der Waals surface area (Å²) >= 11 is 0. The van der Waals surface area contributed by atoms with Crippen LogP contribution in [0.3, 0.4) is 0 Å². The second-order valence-electron chi connectivity index (χ2n) is 5.31. The average Bonchev–Trinajstić information content (AvgIpc) is 2.16. The molecule has 1 unspecified atom stereocenters. The molecule has 1 heterocycles. The van der Waals surface area contributed by atoms with Crippen LogP contribution in [-0.4, -0.2) is 18.9 Å². The van der Waals surface area contributed by atoms with Crippen molar-refractivity contribution in [1.82, 2.24) is 5.32 Å². The molecule has 1 aromatic rings. The zero-order chi connectivity index (χ0) is 12.3. The summed E-state index contributed by atoms with van der Waals surface area (Å²) in [7, 11) is 0. The van der Waals surface area contributed by atoms with Crippen molar-refractivity contribution in [1.29, 1.82) is 0 Å². The summed E-state index contributed by atoms with van der Waals surface area (Å²) in [5.41, 5.74) is 2.78. The second kappa shape index (κ2) is 5.46. The van der Waals surface area contributed by atoms with Crippen molar-refractivity contribution < 1.29 is 4.79 Å². The fourth-order valence-corrected chi connectivity index (χ4v) is 2.42. The summed E-state index contributed by atoms with van der Waals surface area (Å²) < 4.78 is 0. The van der Waals surface area contributed by atoms with Gasteiger partial charge in [-0.05, 0) is 30.4 Å². The van der Waals surface area contributed by atoms with Crippen LogP contribution in [0.5, 0.6) is 0 Å². The molecule has 1 fully saturated rings. The van der Waals surface area contributed by atoms with E-state index in [1.165, 1.54) is 11.1 Å². The minimum Gasteiger partial charge on any atom is -0.315 e. The summed E-state index contributed by atoms with van der Waals surface area (Å²) in [6.45, 7) is 6.04. The Kier molecular flexibility index (Phi) is 3.95. The number of benzene rings is 1. The molecule has 17 heavy (non-hydrogen) atoms. The van der Waals surface area contributed by atoms with E-state index in [-0.39, 0.29) is 5.78 Å². The third-order valence-electron chi connectivity index (χ3n) is 3.45. The second-order valence-corrected chi connectivity index (χ2v) is 5.31. The van der Waals surface area contributed by atoms with Crippen molar-refractivity contribution in [2.75, 3.05) is 13.1 Å². The van der Waals surface area contributed by atoms with Crippen molar-refractivity contribution in [3.05, 3.63) is 35.4 Å². The summed E-state index contributed by atoms with van der Waals surface area (Å²) in [6, 6.07) is 8.90. The molecule has 2 rings (SSSR count). The Bertz CT molecular complexity index is 378. The largest absolute Gasteiger partial charge is 0.315 e. The first kappa shape index (κ1) is 12.3. The molecule has 0 spiro atoms. The third-order valence-corrected chi connectivity index (χ3v) is 3.45. The number of hydrogen-bond donors (Lipinski definition) is 1. The lowest BCUT2D eigenvalue weighted by Crippen LogP contribution is -2.39. The first-order valence-electron chi connectivity index (χ1n) is 6.44. The van der Waals surface area contributed by atoms with E-state index in [0.717, 1.165) is 19.5 Å². The maximum atomic E-state index is 11.0. The average molecular weight is 231 g/mol. The van der Waals surface area contributed by atoms with Gasteiger partial charge < -0.3 is 10.1 Å². The fourth-order valence-electron chi connectivity index (χ4n) is 2.42. The molecule has 1 aromatic carbocycles. The summed E-state index contributed by atoms with van der Waals surface area (Å²) in [4.78, 5) is 11.0. The lowest BCUT2D eigenvalue weighted by molar-refractivity contribution is -0.117. The molecule has 0 aromatic heterocycles. The van der Waals surface area contributed by atoms with E-state index in [1.54, 1.807) is 6.92 Å². The molecular formula is C15H21NO. The molecular weight excluding hydrogens is 210 g/mol. The van der Waals surface area contributed by atoms with Crippen molar-refractivity contribution in [3.63, 3.8) is 0 Å². The van der Waals surface area contributed by atoms with Crippen molar-refractivity contribution in [2.45, 2.75) is 32.6 Å². The molecule has 0 saturated carbocycles. The monoisotopic (exact) mass is 231 g/mol.